The molecule has 35 heavy (non-hydrogen) atoms. The van der Waals surface area contributed by atoms with Crippen LogP contribution in [0, 0.1) is 5.41 Å². The summed E-state index contributed by atoms with van der Waals surface area (Å²) in [5, 5.41) is 6.89. The van der Waals surface area contributed by atoms with Crippen molar-refractivity contribution in [2.24, 2.45) is 12.5 Å². The average molecular weight is 489 g/mol. The van der Waals surface area contributed by atoms with Gasteiger partial charge in [0.2, 0.25) is 0 Å². The van der Waals surface area contributed by atoms with Crippen molar-refractivity contribution in [3.8, 4) is 0 Å². The average Bonchev–Trinajstić information content (AvgIpc) is 3.33. The monoisotopic (exact) mass is 488 g/mol. The molecule has 186 valence electrons. The first-order chi connectivity index (χ1) is 16.5. The summed E-state index contributed by atoms with van der Waals surface area (Å²) in [6, 6.07) is 2.96. The van der Waals surface area contributed by atoms with Gasteiger partial charge < -0.3 is 19.7 Å². The Balaban J connectivity index is 1.18. The summed E-state index contributed by atoms with van der Waals surface area (Å²) in [5.74, 6) is -0.0568. The minimum Gasteiger partial charge on any atom is -0.337 e. The number of aryl methyl sites for hydroxylation is 2. The van der Waals surface area contributed by atoms with Gasteiger partial charge in [-0.3, -0.25) is 4.79 Å². The van der Waals surface area contributed by atoms with Gasteiger partial charge in [-0.2, -0.15) is 18.3 Å². The summed E-state index contributed by atoms with van der Waals surface area (Å²) in [7, 11) is 3.53. The lowest BCUT2D eigenvalue weighted by molar-refractivity contribution is -0.137. The second-order valence-electron chi connectivity index (χ2n) is 9.72. The lowest BCUT2D eigenvalue weighted by Crippen LogP contribution is -2.67. The van der Waals surface area contributed by atoms with E-state index in [1.165, 1.54) is 6.07 Å². The van der Waals surface area contributed by atoms with Gasteiger partial charge in [0, 0.05) is 56.7 Å². The zero-order valence-electron chi connectivity index (χ0n) is 19.8. The first-order valence-corrected chi connectivity index (χ1v) is 11.5. The second kappa shape index (κ2) is 8.03. The minimum atomic E-state index is -4.48. The fourth-order valence-electron chi connectivity index (χ4n) is 5.30. The van der Waals surface area contributed by atoms with Crippen LogP contribution in [0.25, 0.3) is 5.65 Å². The first-order valence-electron chi connectivity index (χ1n) is 11.5. The molecule has 0 radical (unpaired) electrons. The molecule has 0 bridgehead atoms. The molecule has 8 nitrogen and oxygen atoms in total. The molecule has 0 unspecified atom stereocenters. The molecule has 3 heterocycles. The lowest BCUT2D eigenvalue weighted by Gasteiger charge is -2.60. The Kier molecular flexibility index (Phi) is 5.33. The van der Waals surface area contributed by atoms with Crippen molar-refractivity contribution < 1.29 is 22.8 Å². The lowest BCUT2D eigenvalue weighted by atomic mass is 9.60. The molecule has 1 spiro atoms. The molecule has 1 saturated heterocycles. The smallest absolute Gasteiger partial charge is 0.337 e. The Labute approximate surface area is 200 Å². The highest BCUT2D eigenvalue weighted by atomic mass is 19.4. The highest BCUT2D eigenvalue weighted by molar-refractivity contribution is 6.00. The van der Waals surface area contributed by atoms with Crippen LogP contribution in [0.5, 0.6) is 0 Å². The van der Waals surface area contributed by atoms with Gasteiger partial charge in [0.1, 0.15) is 11.2 Å². The predicted octanol–water partition coefficient (Wildman–Crippen LogP) is 4.02. The molecular weight excluding hydrogens is 461 g/mol. The van der Waals surface area contributed by atoms with Crippen LogP contribution in [0.3, 0.4) is 0 Å². The number of aromatic nitrogens is 3. The number of halogens is 3. The second-order valence-corrected chi connectivity index (χ2v) is 9.72. The van der Waals surface area contributed by atoms with E-state index in [4.69, 9.17) is 0 Å². The Bertz CT molecular complexity index is 1300. The summed E-state index contributed by atoms with van der Waals surface area (Å²) in [6.45, 7) is 3.06. The molecule has 11 heteroatoms. The van der Waals surface area contributed by atoms with E-state index in [1.54, 1.807) is 33.8 Å². The van der Waals surface area contributed by atoms with E-state index in [2.05, 4.69) is 10.4 Å². The van der Waals surface area contributed by atoms with Gasteiger partial charge >= 0.3 is 12.2 Å². The molecule has 1 saturated carbocycles. The molecule has 1 aromatic carbocycles. The van der Waals surface area contributed by atoms with Crippen LogP contribution in [0.15, 0.2) is 36.8 Å². The predicted molar refractivity (Wildman–Crippen MR) is 123 cm³/mol. The van der Waals surface area contributed by atoms with E-state index >= 15 is 0 Å². The van der Waals surface area contributed by atoms with E-state index in [0.29, 0.717) is 30.6 Å². The van der Waals surface area contributed by atoms with Crippen LogP contribution < -0.4 is 5.32 Å². The summed E-state index contributed by atoms with van der Waals surface area (Å²) in [6.07, 6.45) is 2.74. The summed E-state index contributed by atoms with van der Waals surface area (Å²) < 4.78 is 42.9. The number of likely N-dealkylation sites (tertiary alicyclic amines) is 1. The third-order valence-corrected chi connectivity index (χ3v) is 7.37. The SMILES string of the molecule is CCc1ccc(C(F)(F)F)cc1NC(=O)N(C)C1CC2(C1)CN(C(=O)c1cnn3ccn(C)c13)C2. The number of carbonyl (C=O) groups is 2. The third-order valence-electron chi connectivity index (χ3n) is 7.37. The fourth-order valence-corrected chi connectivity index (χ4v) is 5.30. The van der Waals surface area contributed by atoms with Crippen molar-refractivity contribution in [1.29, 1.82) is 0 Å². The number of rotatable bonds is 4. The van der Waals surface area contributed by atoms with Crippen LogP contribution >= 0.6 is 0 Å². The maximum absolute atomic E-state index is 13.1. The fraction of sp³-hybridized carbons (Fsp3) is 0.458. The number of hydrogen-bond acceptors (Lipinski definition) is 3. The molecule has 2 aromatic heterocycles. The summed E-state index contributed by atoms with van der Waals surface area (Å²) in [5.41, 5.74) is 1.33. The number of carbonyl (C=O) groups excluding carboxylic acids is 2. The van der Waals surface area contributed by atoms with E-state index in [9.17, 15) is 22.8 Å². The van der Waals surface area contributed by atoms with Gasteiger partial charge in [0.25, 0.3) is 5.91 Å². The van der Waals surface area contributed by atoms with Gasteiger partial charge in [-0.1, -0.05) is 13.0 Å². The number of fused-ring (bicyclic) bond motifs is 1. The number of imidazole rings is 1. The highest BCUT2D eigenvalue weighted by Gasteiger charge is 2.55. The van der Waals surface area contributed by atoms with Crippen molar-refractivity contribution in [3.05, 3.63) is 53.5 Å². The van der Waals surface area contributed by atoms with Crippen molar-refractivity contribution in [1.82, 2.24) is 24.0 Å². The molecule has 1 aliphatic heterocycles. The van der Waals surface area contributed by atoms with Crippen LogP contribution in [0.1, 0.15) is 41.3 Å². The molecule has 2 fully saturated rings. The van der Waals surface area contributed by atoms with Crippen LogP contribution in [-0.2, 0) is 19.6 Å². The van der Waals surface area contributed by atoms with Crippen LogP contribution in [0.4, 0.5) is 23.7 Å². The van der Waals surface area contributed by atoms with E-state index in [0.717, 1.165) is 30.6 Å². The van der Waals surface area contributed by atoms with E-state index in [-0.39, 0.29) is 23.1 Å². The number of alkyl halides is 3. The summed E-state index contributed by atoms with van der Waals surface area (Å²) in [4.78, 5) is 29.1. The number of nitrogens with one attached hydrogen (secondary N) is 1. The van der Waals surface area contributed by atoms with E-state index in [1.807, 2.05) is 24.7 Å². The van der Waals surface area contributed by atoms with Crippen molar-refractivity contribution >= 4 is 23.3 Å². The van der Waals surface area contributed by atoms with E-state index < -0.39 is 17.8 Å². The highest BCUT2D eigenvalue weighted by Crippen LogP contribution is 2.50. The largest absolute Gasteiger partial charge is 0.416 e. The molecule has 3 aromatic rings. The topological polar surface area (TPSA) is 74.9 Å². The van der Waals surface area contributed by atoms with Gasteiger partial charge in [0.15, 0.2) is 0 Å². The molecule has 2 aliphatic rings. The van der Waals surface area contributed by atoms with Crippen LogP contribution in [-0.4, -0.2) is 62.1 Å². The van der Waals surface area contributed by atoms with Gasteiger partial charge in [0.05, 0.1) is 11.8 Å². The Hall–Kier alpha value is -3.50. The molecule has 0 atom stereocenters. The number of anilines is 1. The number of urea groups is 1. The van der Waals surface area contributed by atoms with Crippen molar-refractivity contribution in [2.75, 3.05) is 25.5 Å². The van der Waals surface area contributed by atoms with Gasteiger partial charge in [-0.15, -0.1) is 0 Å². The number of amides is 3. The van der Waals surface area contributed by atoms with Gasteiger partial charge in [-0.25, -0.2) is 9.31 Å². The Morgan fingerprint density at radius 1 is 1.23 bits per heavy atom. The third kappa shape index (κ3) is 3.92. The maximum Gasteiger partial charge on any atom is 0.416 e. The zero-order chi connectivity index (χ0) is 25.1. The Morgan fingerprint density at radius 2 is 1.94 bits per heavy atom. The van der Waals surface area contributed by atoms with Crippen molar-refractivity contribution in [3.63, 3.8) is 0 Å². The number of benzene rings is 1. The molecule has 3 amide bonds. The standard InChI is InChI=1S/C24H27F3N6O2/c1-4-15-5-6-16(24(25,26)27)9-19(15)29-22(35)31(3)17-10-23(11-17)13-32(14-23)21(34)18-12-28-33-8-7-30(2)20(18)33/h5-9,12,17H,4,10-11,13-14H2,1-3H3,(H,29,35). The van der Waals surface area contributed by atoms with Crippen molar-refractivity contribution in [2.45, 2.75) is 38.4 Å². The number of hydrogen-bond donors (Lipinski definition) is 1. The molecule has 1 N–H and O–H groups in total. The number of nitrogens with zero attached hydrogens (tertiary/aromatic N) is 5. The molecule has 1 aliphatic carbocycles. The normalized spacial score (nSPS) is 17.4. The molecule has 5 rings (SSSR count). The quantitative estimate of drug-likeness (QED) is 0.603. The maximum atomic E-state index is 13.1. The summed E-state index contributed by atoms with van der Waals surface area (Å²) >= 11 is 0. The minimum absolute atomic E-state index is 0.0138. The zero-order valence-corrected chi connectivity index (χ0v) is 19.8. The first kappa shape index (κ1) is 23.3. The Morgan fingerprint density at radius 3 is 2.60 bits per heavy atom. The van der Waals surface area contributed by atoms with Crippen LogP contribution in [0.2, 0.25) is 0 Å². The molecular formula is C24H27F3N6O2. The van der Waals surface area contributed by atoms with Gasteiger partial charge in [-0.05, 0) is 37.0 Å².